The fourth-order valence-electron chi connectivity index (χ4n) is 3.00. The van der Waals surface area contributed by atoms with Crippen molar-refractivity contribution in [3.63, 3.8) is 0 Å². The molecule has 114 valence electrons. The van der Waals surface area contributed by atoms with E-state index in [2.05, 4.69) is 28.2 Å². The minimum Gasteiger partial charge on any atom is -0.308 e. The molecule has 2 aromatic rings. The SMILES string of the molecule is CC1Cc2ccccc2N1C(=O)CSc1n[nH]c(C2CC2)n1. The van der Waals surface area contributed by atoms with Gasteiger partial charge in [0.2, 0.25) is 11.1 Å². The molecule has 5 nitrogen and oxygen atoms in total. The molecule has 6 heteroatoms. The normalized spacial score (nSPS) is 20.2. The van der Waals surface area contributed by atoms with Gasteiger partial charge in [-0.15, -0.1) is 5.10 Å². The molecule has 1 fully saturated rings. The van der Waals surface area contributed by atoms with E-state index in [0.717, 1.165) is 17.9 Å². The minimum absolute atomic E-state index is 0.125. The van der Waals surface area contributed by atoms with E-state index in [1.54, 1.807) is 0 Å². The maximum Gasteiger partial charge on any atom is 0.237 e. The molecule has 22 heavy (non-hydrogen) atoms. The lowest BCUT2D eigenvalue weighted by atomic mass is 10.1. The van der Waals surface area contributed by atoms with Crippen LogP contribution in [0.3, 0.4) is 0 Å². The van der Waals surface area contributed by atoms with Crippen LogP contribution >= 0.6 is 11.8 Å². The van der Waals surface area contributed by atoms with Crippen molar-refractivity contribution in [2.24, 2.45) is 0 Å². The quantitative estimate of drug-likeness (QED) is 0.882. The lowest BCUT2D eigenvalue weighted by Crippen LogP contribution is -2.37. The molecule has 1 saturated carbocycles. The van der Waals surface area contributed by atoms with E-state index in [-0.39, 0.29) is 11.9 Å². The van der Waals surface area contributed by atoms with Crippen LogP contribution in [-0.4, -0.2) is 32.9 Å². The molecule has 2 heterocycles. The van der Waals surface area contributed by atoms with Gasteiger partial charge in [0, 0.05) is 17.6 Å². The molecule has 0 radical (unpaired) electrons. The third kappa shape index (κ3) is 2.52. The Morgan fingerprint density at radius 1 is 1.41 bits per heavy atom. The lowest BCUT2D eigenvalue weighted by Gasteiger charge is -2.22. The predicted molar refractivity (Wildman–Crippen MR) is 86.2 cm³/mol. The summed E-state index contributed by atoms with van der Waals surface area (Å²) in [6, 6.07) is 8.37. The van der Waals surface area contributed by atoms with Crippen LogP contribution in [0.4, 0.5) is 5.69 Å². The number of aromatic nitrogens is 3. The van der Waals surface area contributed by atoms with Crippen LogP contribution in [0.5, 0.6) is 0 Å². The molecule has 2 aliphatic rings. The van der Waals surface area contributed by atoms with Gasteiger partial charge in [0.05, 0.1) is 5.75 Å². The Morgan fingerprint density at radius 2 is 2.23 bits per heavy atom. The average molecular weight is 314 g/mol. The Bertz CT molecular complexity index is 710. The van der Waals surface area contributed by atoms with E-state index >= 15 is 0 Å². The van der Waals surface area contributed by atoms with Crippen LogP contribution in [0.25, 0.3) is 0 Å². The zero-order chi connectivity index (χ0) is 15.1. The number of amides is 1. The van der Waals surface area contributed by atoms with Crippen LogP contribution in [0.1, 0.15) is 37.1 Å². The minimum atomic E-state index is 0.125. The number of anilines is 1. The van der Waals surface area contributed by atoms with Gasteiger partial charge in [-0.05, 0) is 37.8 Å². The number of carbonyl (C=O) groups is 1. The summed E-state index contributed by atoms with van der Waals surface area (Å²) in [5.41, 5.74) is 2.30. The number of hydrogen-bond donors (Lipinski definition) is 1. The van der Waals surface area contributed by atoms with Gasteiger partial charge in [0.1, 0.15) is 5.82 Å². The van der Waals surface area contributed by atoms with Crippen LogP contribution < -0.4 is 4.90 Å². The molecule has 1 aliphatic heterocycles. The van der Waals surface area contributed by atoms with Crippen LogP contribution in [0.15, 0.2) is 29.4 Å². The van der Waals surface area contributed by atoms with Gasteiger partial charge in [-0.25, -0.2) is 4.98 Å². The van der Waals surface area contributed by atoms with Crippen molar-refractivity contribution < 1.29 is 4.79 Å². The second-order valence-electron chi connectivity index (χ2n) is 6.01. The van der Waals surface area contributed by atoms with Crippen molar-refractivity contribution in [2.75, 3.05) is 10.7 Å². The third-order valence-corrected chi connectivity index (χ3v) is 5.08. The molecular weight excluding hydrogens is 296 g/mol. The first kappa shape index (κ1) is 13.8. The van der Waals surface area contributed by atoms with E-state index in [1.807, 2.05) is 23.1 Å². The summed E-state index contributed by atoms with van der Waals surface area (Å²) in [6.45, 7) is 2.10. The number of hydrogen-bond acceptors (Lipinski definition) is 4. The first-order valence-corrected chi connectivity index (χ1v) is 8.66. The molecule has 0 spiro atoms. The maximum absolute atomic E-state index is 12.6. The summed E-state index contributed by atoms with van der Waals surface area (Å²) < 4.78 is 0. The number of nitrogens with one attached hydrogen (secondary N) is 1. The molecule has 1 aromatic carbocycles. The van der Waals surface area contributed by atoms with Crippen molar-refractivity contribution in [1.29, 1.82) is 0 Å². The first-order chi connectivity index (χ1) is 10.7. The second kappa shape index (κ2) is 5.43. The smallest absolute Gasteiger partial charge is 0.237 e. The highest BCUT2D eigenvalue weighted by Crippen LogP contribution is 2.38. The number of fused-ring (bicyclic) bond motifs is 1. The summed E-state index contributed by atoms with van der Waals surface area (Å²) in [7, 11) is 0. The van der Waals surface area contributed by atoms with Crippen LogP contribution in [0.2, 0.25) is 0 Å². The molecule has 1 amide bonds. The molecule has 1 aliphatic carbocycles. The van der Waals surface area contributed by atoms with Gasteiger partial charge >= 0.3 is 0 Å². The molecular formula is C16H18N4OS. The van der Waals surface area contributed by atoms with E-state index in [1.165, 1.54) is 30.2 Å². The van der Waals surface area contributed by atoms with E-state index in [4.69, 9.17) is 0 Å². The molecule has 1 aromatic heterocycles. The van der Waals surface area contributed by atoms with Crippen molar-refractivity contribution in [3.05, 3.63) is 35.7 Å². The van der Waals surface area contributed by atoms with E-state index in [9.17, 15) is 4.79 Å². The number of thioether (sulfide) groups is 1. The summed E-state index contributed by atoms with van der Waals surface area (Å²) in [6.07, 6.45) is 3.32. The fourth-order valence-corrected chi connectivity index (χ4v) is 3.67. The standard InChI is InChI=1S/C16H18N4OS/c1-10-8-12-4-2-3-5-13(12)20(10)14(21)9-22-16-17-15(18-19-16)11-6-7-11/h2-5,10-11H,6-9H2,1H3,(H,17,18,19). The number of carbonyl (C=O) groups excluding carboxylic acids is 1. The van der Waals surface area contributed by atoms with Crippen molar-refractivity contribution in [2.45, 2.75) is 43.3 Å². The number of para-hydroxylation sites is 1. The first-order valence-electron chi connectivity index (χ1n) is 7.67. The molecule has 1 atom stereocenters. The highest BCUT2D eigenvalue weighted by Gasteiger charge is 2.31. The Balaban J connectivity index is 1.43. The Morgan fingerprint density at radius 3 is 3.05 bits per heavy atom. The molecule has 0 bridgehead atoms. The topological polar surface area (TPSA) is 61.9 Å². The Kier molecular flexibility index (Phi) is 3.41. The van der Waals surface area contributed by atoms with Crippen LogP contribution in [-0.2, 0) is 11.2 Å². The molecule has 4 rings (SSSR count). The Labute approximate surface area is 133 Å². The summed E-state index contributed by atoms with van der Waals surface area (Å²) >= 11 is 1.41. The number of aromatic amines is 1. The summed E-state index contributed by atoms with van der Waals surface area (Å²) in [4.78, 5) is 19.0. The number of benzene rings is 1. The molecule has 1 unspecified atom stereocenters. The van der Waals surface area contributed by atoms with Gasteiger partial charge in [-0.3, -0.25) is 9.89 Å². The van der Waals surface area contributed by atoms with Gasteiger partial charge in [0.15, 0.2) is 0 Å². The fraction of sp³-hybridized carbons (Fsp3) is 0.438. The Hall–Kier alpha value is -1.82. The van der Waals surface area contributed by atoms with Crippen molar-refractivity contribution in [3.8, 4) is 0 Å². The highest BCUT2D eigenvalue weighted by atomic mass is 32.2. The van der Waals surface area contributed by atoms with Gasteiger partial charge in [-0.1, -0.05) is 30.0 Å². The lowest BCUT2D eigenvalue weighted by molar-refractivity contribution is -0.116. The van der Waals surface area contributed by atoms with E-state index < -0.39 is 0 Å². The second-order valence-corrected chi connectivity index (χ2v) is 6.95. The third-order valence-electron chi connectivity index (χ3n) is 4.25. The predicted octanol–water partition coefficient (Wildman–Crippen LogP) is 2.75. The molecule has 0 saturated heterocycles. The number of H-pyrrole nitrogens is 1. The van der Waals surface area contributed by atoms with E-state index in [0.29, 0.717) is 16.8 Å². The monoisotopic (exact) mass is 314 g/mol. The zero-order valence-electron chi connectivity index (χ0n) is 12.5. The van der Waals surface area contributed by atoms with Gasteiger partial charge in [0.25, 0.3) is 0 Å². The summed E-state index contributed by atoms with van der Waals surface area (Å²) in [5.74, 6) is 2.03. The zero-order valence-corrected chi connectivity index (χ0v) is 13.3. The average Bonchev–Trinajstić information content (AvgIpc) is 3.16. The van der Waals surface area contributed by atoms with Crippen molar-refractivity contribution in [1.82, 2.24) is 15.2 Å². The maximum atomic E-state index is 12.6. The largest absolute Gasteiger partial charge is 0.308 e. The van der Waals surface area contributed by atoms with Crippen LogP contribution in [0, 0.1) is 0 Å². The highest BCUT2D eigenvalue weighted by molar-refractivity contribution is 7.99. The van der Waals surface area contributed by atoms with Crippen molar-refractivity contribution >= 4 is 23.4 Å². The van der Waals surface area contributed by atoms with Gasteiger partial charge in [-0.2, -0.15) is 0 Å². The number of nitrogens with zero attached hydrogens (tertiary/aromatic N) is 3. The molecule has 1 N–H and O–H groups in total. The number of rotatable bonds is 4. The summed E-state index contributed by atoms with van der Waals surface area (Å²) in [5, 5.41) is 7.85. The van der Waals surface area contributed by atoms with Gasteiger partial charge < -0.3 is 4.90 Å².